The number of allylic oxidation sites excluding steroid dienone is 1. The van der Waals surface area contributed by atoms with Crippen molar-refractivity contribution in [3.63, 3.8) is 0 Å². The van der Waals surface area contributed by atoms with E-state index in [0.717, 1.165) is 23.8 Å². The van der Waals surface area contributed by atoms with E-state index in [2.05, 4.69) is 25.8 Å². The Bertz CT molecular complexity index is 403. The van der Waals surface area contributed by atoms with E-state index in [0.29, 0.717) is 6.61 Å². The number of hydrogen-bond donors (Lipinski definition) is 1. The van der Waals surface area contributed by atoms with Crippen LogP contribution in [0, 0.1) is 5.92 Å². The minimum absolute atomic E-state index is 0.109. The molecule has 1 rings (SSSR count). The number of pyridine rings is 1. The molecule has 0 saturated carbocycles. The molecule has 0 fully saturated rings. The van der Waals surface area contributed by atoms with Gasteiger partial charge < -0.3 is 9.72 Å². The average molecular weight is 281 g/mol. The lowest BCUT2D eigenvalue weighted by atomic mass is 10.3. The molecule has 0 amide bonds. The third-order valence-electron chi connectivity index (χ3n) is 1.76. The SMILES string of the molecule is CC.CC(C)C.CC=C(OCCC)c1cccc(=O)[nH]1. The van der Waals surface area contributed by atoms with Crippen molar-refractivity contribution < 1.29 is 4.74 Å². The van der Waals surface area contributed by atoms with Crippen LogP contribution in [-0.2, 0) is 4.74 Å². The molecule has 3 nitrogen and oxygen atoms in total. The van der Waals surface area contributed by atoms with E-state index in [9.17, 15) is 4.79 Å². The Morgan fingerprint density at radius 2 is 1.85 bits per heavy atom. The summed E-state index contributed by atoms with van der Waals surface area (Å²) in [6.45, 7) is 15.1. The van der Waals surface area contributed by atoms with Gasteiger partial charge in [-0.2, -0.15) is 0 Å². The first kappa shape index (κ1) is 20.8. The van der Waals surface area contributed by atoms with Crippen LogP contribution >= 0.6 is 0 Å². The summed E-state index contributed by atoms with van der Waals surface area (Å²) in [5.41, 5.74) is 0.621. The molecule has 3 heteroatoms. The Morgan fingerprint density at radius 1 is 1.30 bits per heavy atom. The number of rotatable bonds is 4. The van der Waals surface area contributed by atoms with Gasteiger partial charge in [-0.05, 0) is 31.4 Å². The molecule has 0 saturated heterocycles. The average Bonchev–Trinajstić information content (AvgIpc) is 2.41. The van der Waals surface area contributed by atoms with Gasteiger partial charge in [0.25, 0.3) is 0 Å². The maximum atomic E-state index is 11.0. The molecule has 0 atom stereocenters. The lowest BCUT2D eigenvalue weighted by Crippen LogP contribution is -2.07. The zero-order valence-electron chi connectivity index (χ0n) is 14.1. The monoisotopic (exact) mass is 281 g/mol. The highest BCUT2D eigenvalue weighted by atomic mass is 16.5. The summed E-state index contributed by atoms with van der Waals surface area (Å²) in [7, 11) is 0. The molecule has 20 heavy (non-hydrogen) atoms. The first-order chi connectivity index (χ1) is 9.51. The fraction of sp³-hybridized carbons (Fsp3) is 0.588. The maximum absolute atomic E-state index is 11.0. The number of H-pyrrole nitrogens is 1. The summed E-state index contributed by atoms with van der Waals surface area (Å²) in [6, 6.07) is 5.02. The summed E-state index contributed by atoms with van der Waals surface area (Å²) in [5.74, 6) is 1.56. The van der Waals surface area contributed by atoms with Gasteiger partial charge in [0, 0.05) is 6.07 Å². The van der Waals surface area contributed by atoms with E-state index >= 15 is 0 Å². The van der Waals surface area contributed by atoms with E-state index in [1.807, 2.05) is 39.8 Å². The van der Waals surface area contributed by atoms with Crippen molar-refractivity contribution in [3.05, 3.63) is 40.3 Å². The van der Waals surface area contributed by atoms with Crippen LogP contribution in [0.15, 0.2) is 29.1 Å². The molecule has 0 aliphatic heterocycles. The van der Waals surface area contributed by atoms with Crippen molar-refractivity contribution in [2.45, 2.75) is 54.9 Å². The van der Waals surface area contributed by atoms with Crippen molar-refractivity contribution in [3.8, 4) is 0 Å². The lowest BCUT2D eigenvalue weighted by Gasteiger charge is -2.08. The Morgan fingerprint density at radius 3 is 2.25 bits per heavy atom. The van der Waals surface area contributed by atoms with Crippen LogP contribution in [0.3, 0.4) is 0 Å². The molecule has 0 spiro atoms. The van der Waals surface area contributed by atoms with Gasteiger partial charge in [0.05, 0.1) is 12.3 Å². The normalized spacial score (nSPS) is 10.1. The zero-order valence-corrected chi connectivity index (χ0v) is 14.1. The van der Waals surface area contributed by atoms with Crippen LogP contribution < -0.4 is 5.56 Å². The topological polar surface area (TPSA) is 42.1 Å². The third-order valence-corrected chi connectivity index (χ3v) is 1.76. The maximum Gasteiger partial charge on any atom is 0.248 e. The van der Waals surface area contributed by atoms with Crippen LogP contribution in [0.5, 0.6) is 0 Å². The number of aromatic nitrogens is 1. The number of ether oxygens (including phenoxy) is 1. The predicted molar refractivity (Wildman–Crippen MR) is 88.8 cm³/mol. The molecular formula is C17H31NO2. The molecule has 0 radical (unpaired) electrons. The summed E-state index contributed by atoms with van der Waals surface area (Å²) in [5, 5.41) is 0. The molecule has 1 aromatic rings. The molecular weight excluding hydrogens is 250 g/mol. The Labute approximate surface area is 124 Å². The molecule has 0 bridgehead atoms. The summed E-state index contributed by atoms with van der Waals surface area (Å²) in [4.78, 5) is 13.8. The van der Waals surface area contributed by atoms with Gasteiger partial charge in [-0.25, -0.2) is 0 Å². The second kappa shape index (κ2) is 13.9. The van der Waals surface area contributed by atoms with Gasteiger partial charge in [-0.3, -0.25) is 4.79 Å². The molecule has 1 N–H and O–H groups in total. The fourth-order valence-corrected chi connectivity index (χ4v) is 1.12. The molecule has 0 aliphatic rings. The van der Waals surface area contributed by atoms with E-state index < -0.39 is 0 Å². The number of hydrogen-bond acceptors (Lipinski definition) is 2. The molecule has 0 aromatic carbocycles. The van der Waals surface area contributed by atoms with E-state index in [-0.39, 0.29) is 5.56 Å². The van der Waals surface area contributed by atoms with Gasteiger partial charge in [0.15, 0.2) is 0 Å². The lowest BCUT2D eigenvalue weighted by molar-refractivity contribution is 0.275. The van der Waals surface area contributed by atoms with Gasteiger partial charge in [0.2, 0.25) is 5.56 Å². The highest BCUT2D eigenvalue weighted by Crippen LogP contribution is 2.11. The highest BCUT2D eigenvalue weighted by Gasteiger charge is 2.00. The van der Waals surface area contributed by atoms with Crippen LogP contribution in [0.1, 0.15) is 60.6 Å². The summed E-state index contributed by atoms with van der Waals surface area (Å²) < 4.78 is 5.47. The van der Waals surface area contributed by atoms with Crippen molar-refractivity contribution in [1.29, 1.82) is 0 Å². The first-order valence-electron chi connectivity index (χ1n) is 7.50. The second-order valence-corrected chi connectivity index (χ2v) is 4.66. The van der Waals surface area contributed by atoms with Crippen molar-refractivity contribution in [2.24, 2.45) is 5.92 Å². The first-order valence-corrected chi connectivity index (χ1v) is 7.50. The zero-order chi connectivity index (χ0) is 16.0. The minimum Gasteiger partial charge on any atom is -0.492 e. The van der Waals surface area contributed by atoms with Gasteiger partial charge in [-0.1, -0.05) is 47.6 Å². The van der Waals surface area contributed by atoms with E-state index in [1.54, 1.807) is 6.07 Å². The van der Waals surface area contributed by atoms with Crippen LogP contribution in [-0.4, -0.2) is 11.6 Å². The summed E-state index contributed by atoms with van der Waals surface area (Å²) in [6.07, 6.45) is 2.80. The summed E-state index contributed by atoms with van der Waals surface area (Å²) >= 11 is 0. The van der Waals surface area contributed by atoms with Gasteiger partial charge in [0.1, 0.15) is 5.76 Å². The van der Waals surface area contributed by atoms with E-state index in [4.69, 9.17) is 4.74 Å². The third kappa shape index (κ3) is 11.6. The van der Waals surface area contributed by atoms with Gasteiger partial charge >= 0.3 is 0 Å². The van der Waals surface area contributed by atoms with Gasteiger partial charge in [-0.15, -0.1) is 0 Å². The Hall–Kier alpha value is -1.51. The van der Waals surface area contributed by atoms with Crippen LogP contribution in [0.25, 0.3) is 5.76 Å². The predicted octanol–water partition coefficient (Wildman–Crippen LogP) is 4.85. The Balaban J connectivity index is 0. The highest BCUT2D eigenvalue weighted by molar-refractivity contribution is 5.55. The van der Waals surface area contributed by atoms with Crippen LogP contribution in [0.4, 0.5) is 0 Å². The smallest absolute Gasteiger partial charge is 0.248 e. The minimum atomic E-state index is -0.109. The van der Waals surface area contributed by atoms with E-state index in [1.165, 1.54) is 6.07 Å². The Kier molecular flexibility index (Phi) is 14.5. The standard InChI is InChI=1S/C11H15NO2.C4H10.C2H6/c1-3-8-14-10(4-2)9-6-5-7-11(13)12-9;1-4(2)3;1-2/h4-7H,3,8H2,1-2H3,(H,12,13);4H,1-3H3;1-2H3. The second-order valence-electron chi connectivity index (χ2n) is 4.66. The van der Waals surface area contributed by atoms with Crippen LogP contribution in [0.2, 0.25) is 0 Å². The molecule has 1 aromatic heterocycles. The fourth-order valence-electron chi connectivity index (χ4n) is 1.12. The quantitative estimate of drug-likeness (QED) is 0.801. The molecule has 1 heterocycles. The van der Waals surface area contributed by atoms with Crippen molar-refractivity contribution in [1.82, 2.24) is 4.98 Å². The van der Waals surface area contributed by atoms with Crippen molar-refractivity contribution in [2.75, 3.05) is 6.61 Å². The number of nitrogens with one attached hydrogen (secondary N) is 1. The van der Waals surface area contributed by atoms with Crippen molar-refractivity contribution >= 4 is 5.76 Å². The molecule has 116 valence electrons. The largest absolute Gasteiger partial charge is 0.492 e. The number of aromatic amines is 1. The molecule has 0 unspecified atom stereocenters. The molecule has 0 aliphatic carbocycles.